The Kier molecular flexibility index (Phi) is 4.97. The van der Waals surface area contributed by atoms with E-state index in [1.54, 1.807) is 10.9 Å². The van der Waals surface area contributed by atoms with Gasteiger partial charge >= 0.3 is 0 Å². The van der Waals surface area contributed by atoms with E-state index in [2.05, 4.69) is 15.4 Å². The Labute approximate surface area is 182 Å². The Morgan fingerprint density at radius 3 is 2.68 bits per heavy atom. The first-order valence-electron chi connectivity index (χ1n) is 9.84. The van der Waals surface area contributed by atoms with Crippen LogP contribution in [0.15, 0.2) is 79.3 Å². The van der Waals surface area contributed by atoms with Crippen LogP contribution in [0.5, 0.6) is 5.75 Å². The molecule has 154 valence electrons. The van der Waals surface area contributed by atoms with E-state index in [1.807, 2.05) is 84.5 Å². The van der Waals surface area contributed by atoms with Gasteiger partial charge in [0.15, 0.2) is 10.9 Å². The normalized spacial score (nSPS) is 11.0. The maximum absolute atomic E-state index is 13.2. The molecule has 0 aliphatic carbocycles. The third-order valence-corrected chi connectivity index (χ3v) is 5.66. The van der Waals surface area contributed by atoms with E-state index in [0.717, 1.165) is 21.7 Å². The van der Waals surface area contributed by atoms with Crippen molar-refractivity contribution in [2.75, 3.05) is 11.9 Å². The van der Waals surface area contributed by atoms with Gasteiger partial charge in [0.2, 0.25) is 0 Å². The fraction of sp³-hybridized carbons (Fsp3) is 0.0870. The third kappa shape index (κ3) is 3.69. The van der Waals surface area contributed by atoms with Gasteiger partial charge in [0.1, 0.15) is 11.3 Å². The molecule has 31 heavy (non-hydrogen) atoms. The van der Waals surface area contributed by atoms with Crippen LogP contribution in [-0.2, 0) is 0 Å². The van der Waals surface area contributed by atoms with Crippen LogP contribution in [0, 0.1) is 0 Å². The maximum Gasteiger partial charge on any atom is 0.262 e. The van der Waals surface area contributed by atoms with Crippen LogP contribution in [0.25, 0.3) is 21.7 Å². The van der Waals surface area contributed by atoms with E-state index in [1.165, 1.54) is 11.3 Å². The van der Waals surface area contributed by atoms with Crippen molar-refractivity contribution in [2.45, 2.75) is 6.92 Å². The smallest absolute Gasteiger partial charge is 0.262 e. The van der Waals surface area contributed by atoms with Crippen LogP contribution in [0.2, 0.25) is 0 Å². The number of fused-ring (bicyclic) bond motifs is 1. The Balaban J connectivity index is 1.50. The molecule has 0 saturated heterocycles. The fourth-order valence-corrected chi connectivity index (χ4v) is 4.25. The van der Waals surface area contributed by atoms with Gasteiger partial charge in [0, 0.05) is 12.4 Å². The number of carbonyl (C=O) groups is 1. The van der Waals surface area contributed by atoms with Crippen molar-refractivity contribution in [3.05, 3.63) is 84.8 Å². The summed E-state index contributed by atoms with van der Waals surface area (Å²) < 4.78 is 10.1. The van der Waals surface area contributed by atoms with Gasteiger partial charge in [-0.2, -0.15) is 5.10 Å². The molecule has 0 saturated carbocycles. The summed E-state index contributed by atoms with van der Waals surface area (Å²) in [5, 5.41) is 7.94. The lowest BCUT2D eigenvalue weighted by molar-refractivity contribution is 0.102. The van der Waals surface area contributed by atoms with Gasteiger partial charge in [-0.3, -0.25) is 10.1 Å². The molecule has 0 aliphatic heterocycles. The lowest BCUT2D eigenvalue weighted by atomic mass is 10.3. The molecule has 0 spiro atoms. The minimum Gasteiger partial charge on any atom is -0.494 e. The van der Waals surface area contributed by atoms with E-state index in [0.29, 0.717) is 23.1 Å². The second-order valence-electron chi connectivity index (χ2n) is 6.76. The van der Waals surface area contributed by atoms with Gasteiger partial charge in [-0.05, 0) is 49.4 Å². The summed E-state index contributed by atoms with van der Waals surface area (Å²) in [6, 6.07) is 19.3. The number of carbonyl (C=O) groups excluding carboxylic acids is 1. The molecular weight excluding hydrogens is 410 g/mol. The number of amides is 1. The highest BCUT2D eigenvalue weighted by atomic mass is 32.1. The molecule has 7 nitrogen and oxygen atoms in total. The first-order valence-corrected chi connectivity index (χ1v) is 10.7. The third-order valence-electron chi connectivity index (χ3n) is 4.73. The molecule has 0 fully saturated rings. The summed E-state index contributed by atoms with van der Waals surface area (Å²) in [5.41, 5.74) is 2.14. The second kappa shape index (κ2) is 8.08. The van der Waals surface area contributed by atoms with Crippen molar-refractivity contribution in [2.24, 2.45) is 0 Å². The molecule has 2 aromatic carbocycles. The first-order chi connectivity index (χ1) is 15.2. The predicted octanol–water partition coefficient (Wildman–Crippen LogP) is 4.92. The van der Waals surface area contributed by atoms with Crippen LogP contribution in [0.1, 0.15) is 17.3 Å². The average Bonchev–Trinajstić information content (AvgIpc) is 3.53. The minimum atomic E-state index is -0.269. The quantitative estimate of drug-likeness (QED) is 0.416. The largest absolute Gasteiger partial charge is 0.494 e. The number of para-hydroxylation sites is 1. The Bertz CT molecular complexity index is 1340. The zero-order valence-electron chi connectivity index (χ0n) is 16.7. The highest BCUT2D eigenvalue weighted by Gasteiger charge is 2.21. The topological polar surface area (TPSA) is 74.0 Å². The molecule has 1 N–H and O–H groups in total. The first kappa shape index (κ1) is 19.1. The Hall–Kier alpha value is -3.91. The van der Waals surface area contributed by atoms with Gasteiger partial charge in [-0.1, -0.05) is 29.5 Å². The number of nitrogens with one attached hydrogen (secondary N) is 1. The van der Waals surface area contributed by atoms with E-state index in [9.17, 15) is 4.79 Å². The molecule has 0 bridgehead atoms. The van der Waals surface area contributed by atoms with Gasteiger partial charge in [-0.15, -0.1) is 0 Å². The summed E-state index contributed by atoms with van der Waals surface area (Å²) in [6.45, 7) is 2.54. The highest BCUT2D eigenvalue weighted by Crippen LogP contribution is 2.30. The number of aromatic nitrogens is 4. The SMILES string of the molecule is CCOc1ccc2nc(NC(=O)c3cnn(-c4ccccc4)c3-n3cccc3)sc2c1. The molecule has 3 aromatic heterocycles. The zero-order chi connectivity index (χ0) is 21.2. The molecule has 8 heteroatoms. The molecule has 3 heterocycles. The number of rotatable bonds is 6. The van der Waals surface area contributed by atoms with Crippen LogP contribution >= 0.6 is 11.3 Å². The molecule has 0 radical (unpaired) electrons. The predicted molar refractivity (Wildman–Crippen MR) is 122 cm³/mol. The Morgan fingerprint density at radius 2 is 1.90 bits per heavy atom. The van der Waals surface area contributed by atoms with E-state index in [-0.39, 0.29) is 5.91 Å². The summed E-state index contributed by atoms with van der Waals surface area (Å²) in [5.74, 6) is 1.18. The molecule has 5 aromatic rings. The minimum absolute atomic E-state index is 0.269. The maximum atomic E-state index is 13.2. The van der Waals surface area contributed by atoms with Crippen molar-refractivity contribution in [1.82, 2.24) is 19.3 Å². The van der Waals surface area contributed by atoms with E-state index < -0.39 is 0 Å². The van der Waals surface area contributed by atoms with Crippen molar-refractivity contribution < 1.29 is 9.53 Å². The summed E-state index contributed by atoms with van der Waals surface area (Å²) in [4.78, 5) is 17.7. The van der Waals surface area contributed by atoms with E-state index >= 15 is 0 Å². The average molecular weight is 430 g/mol. The Morgan fingerprint density at radius 1 is 1.10 bits per heavy atom. The number of anilines is 1. The number of hydrogen-bond acceptors (Lipinski definition) is 5. The van der Waals surface area contributed by atoms with Crippen molar-refractivity contribution in [3.63, 3.8) is 0 Å². The number of ether oxygens (including phenoxy) is 1. The number of benzene rings is 2. The van der Waals surface area contributed by atoms with Crippen LogP contribution in [0.3, 0.4) is 0 Å². The molecule has 1 amide bonds. The molecule has 0 unspecified atom stereocenters. The number of nitrogens with zero attached hydrogens (tertiary/aromatic N) is 4. The van der Waals surface area contributed by atoms with Crippen molar-refractivity contribution in [3.8, 4) is 17.3 Å². The summed E-state index contributed by atoms with van der Waals surface area (Å²) in [7, 11) is 0. The molecule has 5 rings (SSSR count). The van der Waals surface area contributed by atoms with Crippen LogP contribution < -0.4 is 10.1 Å². The molecule has 0 atom stereocenters. The van der Waals surface area contributed by atoms with Crippen LogP contribution in [0.4, 0.5) is 5.13 Å². The van der Waals surface area contributed by atoms with Crippen molar-refractivity contribution >= 4 is 32.6 Å². The number of thiazole rings is 1. The summed E-state index contributed by atoms with van der Waals surface area (Å²) in [6.07, 6.45) is 5.36. The van der Waals surface area contributed by atoms with Gasteiger partial charge in [0.25, 0.3) is 5.91 Å². The molecular formula is C23H19N5O2S. The van der Waals surface area contributed by atoms with E-state index in [4.69, 9.17) is 4.74 Å². The van der Waals surface area contributed by atoms with Gasteiger partial charge < -0.3 is 9.30 Å². The van der Waals surface area contributed by atoms with Crippen LogP contribution in [-0.4, -0.2) is 31.8 Å². The van der Waals surface area contributed by atoms with Gasteiger partial charge in [-0.25, -0.2) is 9.67 Å². The number of hydrogen-bond donors (Lipinski definition) is 1. The van der Waals surface area contributed by atoms with Gasteiger partial charge in [0.05, 0.1) is 28.7 Å². The second-order valence-corrected chi connectivity index (χ2v) is 7.79. The lowest BCUT2D eigenvalue weighted by Gasteiger charge is -2.10. The van der Waals surface area contributed by atoms with Crippen molar-refractivity contribution in [1.29, 1.82) is 0 Å². The summed E-state index contributed by atoms with van der Waals surface area (Å²) >= 11 is 1.41. The highest BCUT2D eigenvalue weighted by molar-refractivity contribution is 7.22. The fourth-order valence-electron chi connectivity index (χ4n) is 3.36. The zero-order valence-corrected chi connectivity index (χ0v) is 17.5. The lowest BCUT2D eigenvalue weighted by Crippen LogP contribution is -2.15. The standard InChI is InChI=1S/C23H19N5O2S/c1-2-30-17-10-11-19-20(14-17)31-23(25-19)26-21(29)18-15-24-28(16-8-4-3-5-9-16)22(18)27-12-6-7-13-27/h3-15H,2H2,1H3,(H,25,26,29). The monoisotopic (exact) mass is 429 g/mol. The molecule has 0 aliphatic rings.